The van der Waals surface area contributed by atoms with E-state index < -0.39 is 0 Å². The van der Waals surface area contributed by atoms with Crippen LogP contribution in [0, 0.1) is 0 Å². The maximum Gasteiger partial charge on any atom is 0.0969 e. The number of hydrogen-bond donors (Lipinski definition) is 2. The Kier molecular flexibility index (Phi) is 7.64. The monoisotopic (exact) mass is 291 g/mol. The molecule has 0 aliphatic carbocycles. The highest BCUT2D eigenvalue weighted by Crippen LogP contribution is 2.31. The molecule has 118 valence electrons. The Hall–Kier alpha value is -1.90. The SMILES string of the molecule is C/C=C(C)/C(=C(\C)O)C(/C)=C(C)/C(=C(\C)N)C(/C)=C/OC. The summed E-state index contributed by atoms with van der Waals surface area (Å²) < 4.78 is 5.09. The lowest BCUT2D eigenvalue weighted by molar-refractivity contribution is 0.334. The maximum absolute atomic E-state index is 10.0. The van der Waals surface area contributed by atoms with E-state index in [-0.39, 0.29) is 0 Å². The zero-order valence-corrected chi connectivity index (χ0v) is 14.6. The van der Waals surface area contributed by atoms with Gasteiger partial charge in [-0.25, -0.2) is 0 Å². The number of ether oxygens (including phenoxy) is 1. The fourth-order valence-electron chi connectivity index (χ4n) is 2.51. The molecule has 0 saturated heterocycles. The Morgan fingerprint density at radius 3 is 1.71 bits per heavy atom. The van der Waals surface area contributed by atoms with Gasteiger partial charge in [-0.1, -0.05) is 6.08 Å². The molecule has 3 nitrogen and oxygen atoms in total. The van der Waals surface area contributed by atoms with Crippen molar-refractivity contribution < 1.29 is 9.84 Å². The number of aliphatic hydroxyl groups excluding tert-OH is 1. The second-order valence-corrected chi connectivity index (χ2v) is 5.28. The summed E-state index contributed by atoms with van der Waals surface area (Å²) in [6.45, 7) is 13.5. The third-order valence-corrected chi connectivity index (χ3v) is 3.58. The van der Waals surface area contributed by atoms with Crippen molar-refractivity contribution in [1.29, 1.82) is 0 Å². The van der Waals surface area contributed by atoms with Gasteiger partial charge in [0.05, 0.1) is 19.1 Å². The minimum atomic E-state index is 0.310. The van der Waals surface area contributed by atoms with Crippen molar-refractivity contribution in [2.75, 3.05) is 7.11 Å². The lowest BCUT2D eigenvalue weighted by Gasteiger charge is -2.18. The molecule has 0 amide bonds. The molecule has 21 heavy (non-hydrogen) atoms. The van der Waals surface area contributed by atoms with Gasteiger partial charge in [0.2, 0.25) is 0 Å². The van der Waals surface area contributed by atoms with Crippen LogP contribution in [0.4, 0.5) is 0 Å². The van der Waals surface area contributed by atoms with Crippen molar-refractivity contribution in [3.63, 3.8) is 0 Å². The predicted molar refractivity (Wildman–Crippen MR) is 90.8 cm³/mol. The molecular weight excluding hydrogens is 262 g/mol. The van der Waals surface area contributed by atoms with E-state index in [4.69, 9.17) is 10.5 Å². The summed E-state index contributed by atoms with van der Waals surface area (Å²) in [6.07, 6.45) is 3.67. The van der Waals surface area contributed by atoms with E-state index in [2.05, 4.69) is 0 Å². The zero-order chi connectivity index (χ0) is 16.7. The van der Waals surface area contributed by atoms with Crippen LogP contribution < -0.4 is 5.73 Å². The summed E-state index contributed by atoms with van der Waals surface area (Å²) in [6, 6.07) is 0. The van der Waals surface area contributed by atoms with E-state index in [1.54, 1.807) is 20.3 Å². The predicted octanol–water partition coefficient (Wildman–Crippen LogP) is 4.90. The third kappa shape index (κ3) is 4.85. The lowest BCUT2D eigenvalue weighted by Crippen LogP contribution is -2.05. The molecule has 0 aliphatic rings. The van der Waals surface area contributed by atoms with Crippen LogP contribution in [0.2, 0.25) is 0 Å². The van der Waals surface area contributed by atoms with Crippen LogP contribution in [0.3, 0.4) is 0 Å². The summed E-state index contributed by atoms with van der Waals surface area (Å²) in [7, 11) is 1.62. The fourth-order valence-corrected chi connectivity index (χ4v) is 2.51. The summed E-state index contributed by atoms with van der Waals surface area (Å²) in [5.41, 5.74) is 12.6. The molecule has 0 aliphatic heterocycles. The van der Waals surface area contributed by atoms with Crippen molar-refractivity contribution >= 4 is 0 Å². The number of nitrogens with two attached hydrogens (primary N) is 1. The van der Waals surface area contributed by atoms with Gasteiger partial charge in [-0.15, -0.1) is 0 Å². The van der Waals surface area contributed by atoms with E-state index in [1.807, 2.05) is 47.6 Å². The Balaban J connectivity index is 6.28. The number of methoxy groups -OCH3 is 1. The first-order valence-electron chi connectivity index (χ1n) is 7.06. The Bertz CT molecular complexity index is 536. The highest BCUT2D eigenvalue weighted by atomic mass is 16.5. The van der Waals surface area contributed by atoms with Gasteiger partial charge in [-0.05, 0) is 70.8 Å². The average molecular weight is 291 g/mol. The quantitative estimate of drug-likeness (QED) is 0.559. The molecular formula is C18H29NO2. The molecule has 0 heterocycles. The van der Waals surface area contributed by atoms with Gasteiger partial charge in [-0.2, -0.15) is 0 Å². The molecule has 0 atom stereocenters. The van der Waals surface area contributed by atoms with Crippen LogP contribution in [-0.2, 0) is 4.74 Å². The first-order chi connectivity index (χ1) is 9.68. The maximum atomic E-state index is 10.0. The molecule has 0 spiro atoms. The minimum Gasteiger partial charge on any atom is -0.512 e. The molecule has 0 aromatic carbocycles. The van der Waals surface area contributed by atoms with Crippen molar-refractivity contribution in [1.82, 2.24) is 0 Å². The highest BCUT2D eigenvalue weighted by Gasteiger charge is 2.14. The summed E-state index contributed by atoms with van der Waals surface area (Å²) >= 11 is 0. The van der Waals surface area contributed by atoms with Crippen LogP contribution in [0.5, 0.6) is 0 Å². The van der Waals surface area contributed by atoms with Crippen LogP contribution in [0.1, 0.15) is 48.5 Å². The van der Waals surface area contributed by atoms with Gasteiger partial charge < -0.3 is 15.6 Å². The Labute approximate surface area is 129 Å². The summed E-state index contributed by atoms with van der Waals surface area (Å²) in [5.74, 6) is 0.310. The smallest absolute Gasteiger partial charge is 0.0969 e. The van der Waals surface area contributed by atoms with E-state index in [0.717, 1.165) is 39.1 Å². The summed E-state index contributed by atoms with van der Waals surface area (Å²) in [4.78, 5) is 0. The number of allylic oxidation sites excluding steroid dienone is 9. The second kappa shape index (κ2) is 8.40. The number of rotatable bonds is 5. The number of aliphatic hydroxyl groups is 1. The molecule has 0 unspecified atom stereocenters. The molecule has 0 bridgehead atoms. The van der Waals surface area contributed by atoms with Gasteiger partial charge in [0, 0.05) is 16.8 Å². The zero-order valence-electron chi connectivity index (χ0n) is 14.6. The average Bonchev–Trinajstić information content (AvgIpc) is 2.37. The molecule has 0 radical (unpaired) electrons. The van der Waals surface area contributed by atoms with E-state index in [1.165, 1.54) is 0 Å². The lowest BCUT2D eigenvalue weighted by atomic mass is 9.89. The first-order valence-corrected chi connectivity index (χ1v) is 7.06. The van der Waals surface area contributed by atoms with Crippen LogP contribution >= 0.6 is 0 Å². The Morgan fingerprint density at radius 2 is 1.38 bits per heavy atom. The van der Waals surface area contributed by atoms with Gasteiger partial charge in [0.15, 0.2) is 0 Å². The topological polar surface area (TPSA) is 55.5 Å². The van der Waals surface area contributed by atoms with Crippen LogP contribution in [0.15, 0.2) is 57.2 Å². The van der Waals surface area contributed by atoms with Crippen molar-refractivity contribution in [2.24, 2.45) is 5.73 Å². The molecule has 0 saturated carbocycles. The van der Waals surface area contributed by atoms with Crippen molar-refractivity contribution in [2.45, 2.75) is 48.5 Å². The molecule has 3 heteroatoms. The van der Waals surface area contributed by atoms with E-state index >= 15 is 0 Å². The van der Waals surface area contributed by atoms with E-state index in [9.17, 15) is 5.11 Å². The van der Waals surface area contributed by atoms with Crippen LogP contribution in [-0.4, -0.2) is 12.2 Å². The first kappa shape index (κ1) is 19.1. The fraction of sp³-hybridized carbons (Fsp3) is 0.444. The molecule has 0 aromatic rings. The molecule has 0 aromatic heterocycles. The molecule has 3 N–H and O–H groups in total. The number of hydrogen-bond acceptors (Lipinski definition) is 3. The van der Waals surface area contributed by atoms with Gasteiger partial charge in [0.1, 0.15) is 0 Å². The minimum absolute atomic E-state index is 0.310. The molecule has 0 rings (SSSR count). The van der Waals surface area contributed by atoms with Crippen LogP contribution in [0.25, 0.3) is 0 Å². The largest absolute Gasteiger partial charge is 0.512 e. The molecule has 0 fully saturated rings. The standard InChI is InChI=1S/C18H29NO2/c1-9-11(2)18(16(7)20)14(5)13(4)17(15(6)19)12(3)10-21-8/h9-10,20H,19H2,1-8H3/b11-9+,12-10+,14-13+,17-15+,18-16-. The second-order valence-electron chi connectivity index (χ2n) is 5.28. The third-order valence-electron chi connectivity index (χ3n) is 3.58. The van der Waals surface area contributed by atoms with Crippen molar-refractivity contribution in [3.8, 4) is 0 Å². The van der Waals surface area contributed by atoms with Crippen molar-refractivity contribution in [3.05, 3.63) is 57.2 Å². The van der Waals surface area contributed by atoms with Gasteiger partial charge in [-0.3, -0.25) is 0 Å². The highest BCUT2D eigenvalue weighted by molar-refractivity contribution is 5.56. The van der Waals surface area contributed by atoms with E-state index in [0.29, 0.717) is 5.76 Å². The summed E-state index contributed by atoms with van der Waals surface area (Å²) in [5, 5.41) is 10.0. The Morgan fingerprint density at radius 1 is 0.905 bits per heavy atom. The normalized spacial score (nSPS) is 17.0. The van der Waals surface area contributed by atoms with Gasteiger partial charge in [0.25, 0.3) is 0 Å². The van der Waals surface area contributed by atoms with Gasteiger partial charge >= 0.3 is 0 Å².